The summed E-state index contributed by atoms with van der Waals surface area (Å²) >= 11 is 0. The Morgan fingerprint density at radius 2 is 2.11 bits per heavy atom. The molecule has 6 heteroatoms. The van der Waals surface area contributed by atoms with Gasteiger partial charge in [-0.25, -0.2) is 4.98 Å². The Hall–Kier alpha value is -3.41. The molecule has 1 aromatic carbocycles. The van der Waals surface area contributed by atoms with Crippen LogP contribution in [-0.4, -0.2) is 21.8 Å². The molecule has 0 aliphatic carbocycles. The van der Waals surface area contributed by atoms with E-state index in [4.69, 9.17) is 5.73 Å². The van der Waals surface area contributed by atoms with E-state index in [1.807, 2.05) is 12.1 Å². The van der Waals surface area contributed by atoms with E-state index in [2.05, 4.69) is 41.3 Å². The molecule has 0 saturated heterocycles. The van der Waals surface area contributed by atoms with Crippen LogP contribution in [0.15, 0.2) is 36.0 Å². The molecule has 1 aliphatic rings. The van der Waals surface area contributed by atoms with Crippen LogP contribution in [0.25, 0.3) is 17.0 Å². The predicted octanol–water partition coefficient (Wildman–Crippen LogP) is 3.18. The second kappa shape index (κ2) is 6.96. The molecule has 0 spiro atoms. The molecule has 2 amide bonds. The van der Waals surface area contributed by atoms with Crippen LogP contribution in [-0.2, 0) is 22.4 Å². The minimum absolute atomic E-state index is 0.0225. The monoisotopic (exact) mass is 374 g/mol. The third kappa shape index (κ3) is 3.29. The van der Waals surface area contributed by atoms with Gasteiger partial charge in [-0.15, -0.1) is 0 Å². The summed E-state index contributed by atoms with van der Waals surface area (Å²) in [6.45, 7) is 4.11. The Kier molecular flexibility index (Phi) is 4.47. The molecular weight excluding hydrogens is 352 g/mol. The molecule has 6 nitrogen and oxygen atoms in total. The third-order valence-corrected chi connectivity index (χ3v) is 5.30. The van der Waals surface area contributed by atoms with Gasteiger partial charge in [-0.05, 0) is 54.7 Å². The fourth-order valence-electron chi connectivity index (χ4n) is 3.68. The number of pyridine rings is 1. The highest BCUT2D eigenvalue weighted by Gasteiger charge is 2.17. The van der Waals surface area contributed by atoms with E-state index in [1.54, 1.807) is 12.3 Å². The Morgan fingerprint density at radius 1 is 1.29 bits per heavy atom. The van der Waals surface area contributed by atoms with Crippen LogP contribution < -0.4 is 11.1 Å². The zero-order valence-electron chi connectivity index (χ0n) is 15.9. The number of aryl methyl sites for hydroxylation is 3. The van der Waals surface area contributed by atoms with Gasteiger partial charge in [0, 0.05) is 41.2 Å². The van der Waals surface area contributed by atoms with Crippen LogP contribution in [0.1, 0.15) is 34.4 Å². The van der Waals surface area contributed by atoms with E-state index >= 15 is 0 Å². The molecule has 0 saturated carbocycles. The summed E-state index contributed by atoms with van der Waals surface area (Å²) < 4.78 is 0. The summed E-state index contributed by atoms with van der Waals surface area (Å²) in [4.78, 5) is 31.3. The molecule has 0 unspecified atom stereocenters. The average Bonchev–Trinajstić information content (AvgIpc) is 2.98. The van der Waals surface area contributed by atoms with Crippen LogP contribution in [0.5, 0.6) is 0 Å². The number of amides is 2. The molecule has 1 aliphatic heterocycles. The third-order valence-electron chi connectivity index (χ3n) is 5.30. The van der Waals surface area contributed by atoms with Gasteiger partial charge in [0.1, 0.15) is 5.82 Å². The number of rotatable bonds is 4. The summed E-state index contributed by atoms with van der Waals surface area (Å²) in [6.07, 6.45) is 4.93. The van der Waals surface area contributed by atoms with Gasteiger partial charge in [0.25, 0.3) is 0 Å². The zero-order chi connectivity index (χ0) is 19.8. The van der Waals surface area contributed by atoms with Crippen molar-refractivity contribution in [2.24, 2.45) is 5.73 Å². The predicted molar refractivity (Wildman–Crippen MR) is 110 cm³/mol. The number of carbonyl (C=O) groups excluding carboxylic acids is 2. The molecule has 3 heterocycles. The van der Waals surface area contributed by atoms with E-state index in [0.717, 1.165) is 38.9 Å². The highest BCUT2D eigenvalue weighted by atomic mass is 16.2. The summed E-state index contributed by atoms with van der Waals surface area (Å²) in [7, 11) is 0. The van der Waals surface area contributed by atoms with Crippen molar-refractivity contribution in [3.05, 3.63) is 64.0 Å². The Labute approximate surface area is 162 Å². The number of aromatic amines is 1. The van der Waals surface area contributed by atoms with Crippen molar-refractivity contribution in [3.63, 3.8) is 0 Å². The molecule has 3 aromatic rings. The lowest BCUT2D eigenvalue weighted by Crippen LogP contribution is -2.20. The molecule has 142 valence electrons. The number of hydrogen-bond donors (Lipinski definition) is 3. The normalized spacial score (nSPS) is 14.1. The van der Waals surface area contributed by atoms with E-state index in [1.165, 1.54) is 0 Å². The largest absolute Gasteiger partial charge is 0.366 e. The molecule has 28 heavy (non-hydrogen) atoms. The summed E-state index contributed by atoms with van der Waals surface area (Å²) in [5.74, 6) is 0.113. The van der Waals surface area contributed by atoms with Crippen LogP contribution >= 0.6 is 0 Å². The van der Waals surface area contributed by atoms with Crippen LogP contribution in [0.3, 0.4) is 0 Å². The van der Waals surface area contributed by atoms with Gasteiger partial charge in [0.2, 0.25) is 11.8 Å². The molecule has 4 rings (SSSR count). The summed E-state index contributed by atoms with van der Waals surface area (Å²) in [5, 5.41) is 3.92. The molecule has 0 radical (unpaired) electrons. The van der Waals surface area contributed by atoms with E-state index in [9.17, 15) is 9.59 Å². The number of nitrogens with one attached hydrogen (secondary N) is 2. The standard InChI is InChI=1S/C22H22N4O2/c1-12-4-3-5-17-13(2)18(25-20(12)17)10-16(21(23)28)9-14-8-15-6-7-19(27)26-22(15)24-11-14/h3-5,8-9,11,25H,6-7,10H2,1-2H3,(H2,23,28)(H,24,26,27). The maximum absolute atomic E-state index is 12.1. The number of primary amides is 1. The maximum atomic E-state index is 12.1. The van der Waals surface area contributed by atoms with Gasteiger partial charge in [-0.2, -0.15) is 0 Å². The highest BCUT2D eigenvalue weighted by molar-refractivity contribution is 5.98. The summed E-state index contributed by atoms with van der Waals surface area (Å²) in [6, 6.07) is 8.12. The summed E-state index contributed by atoms with van der Waals surface area (Å²) in [5.41, 5.74) is 12.3. The number of carbonyl (C=O) groups is 2. The lowest BCUT2D eigenvalue weighted by atomic mass is 10.0. The van der Waals surface area contributed by atoms with Crippen LogP contribution in [0.4, 0.5) is 5.82 Å². The first-order valence-corrected chi connectivity index (χ1v) is 9.28. The Balaban J connectivity index is 1.69. The quantitative estimate of drug-likeness (QED) is 0.611. The van der Waals surface area contributed by atoms with Gasteiger partial charge < -0.3 is 16.0 Å². The van der Waals surface area contributed by atoms with Gasteiger partial charge in [-0.3, -0.25) is 9.59 Å². The minimum Gasteiger partial charge on any atom is -0.366 e. The van der Waals surface area contributed by atoms with Crippen LogP contribution in [0, 0.1) is 13.8 Å². The van der Waals surface area contributed by atoms with E-state index < -0.39 is 5.91 Å². The smallest absolute Gasteiger partial charge is 0.245 e. The number of fused-ring (bicyclic) bond motifs is 2. The number of hydrogen-bond acceptors (Lipinski definition) is 3. The molecular formula is C22H22N4O2. The number of benzene rings is 1. The number of nitrogens with zero attached hydrogens (tertiary/aromatic N) is 1. The van der Waals surface area contributed by atoms with Gasteiger partial charge in [0.15, 0.2) is 0 Å². The second-order valence-corrected chi connectivity index (χ2v) is 7.26. The number of H-pyrrole nitrogens is 1. The molecule has 0 fully saturated rings. The fraction of sp³-hybridized carbons (Fsp3) is 0.227. The SMILES string of the molecule is Cc1c(CC(=Cc2cnc3c(c2)CCC(=O)N3)C(N)=O)[nH]c2c(C)cccc12. The van der Waals surface area contributed by atoms with Crippen molar-refractivity contribution in [1.29, 1.82) is 0 Å². The first kappa shape index (κ1) is 18.0. The van der Waals surface area contributed by atoms with Crippen molar-refractivity contribution in [3.8, 4) is 0 Å². The number of anilines is 1. The van der Waals surface area contributed by atoms with Crippen molar-refractivity contribution in [2.45, 2.75) is 33.1 Å². The first-order valence-electron chi connectivity index (χ1n) is 9.28. The lowest BCUT2D eigenvalue weighted by Gasteiger charge is -2.15. The van der Waals surface area contributed by atoms with Crippen molar-refractivity contribution in [1.82, 2.24) is 9.97 Å². The van der Waals surface area contributed by atoms with Crippen LogP contribution in [0.2, 0.25) is 0 Å². The fourth-order valence-corrected chi connectivity index (χ4v) is 3.68. The average molecular weight is 374 g/mol. The highest BCUT2D eigenvalue weighted by Crippen LogP contribution is 2.27. The first-order chi connectivity index (χ1) is 13.4. The molecule has 2 aromatic heterocycles. The second-order valence-electron chi connectivity index (χ2n) is 7.26. The molecule has 0 bridgehead atoms. The number of nitrogens with two attached hydrogens (primary N) is 1. The topological polar surface area (TPSA) is 101 Å². The number of aromatic nitrogens is 2. The van der Waals surface area contributed by atoms with E-state index in [-0.39, 0.29) is 5.91 Å². The minimum atomic E-state index is -0.458. The van der Waals surface area contributed by atoms with Gasteiger partial charge >= 0.3 is 0 Å². The molecule has 4 N–H and O–H groups in total. The van der Waals surface area contributed by atoms with Crippen molar-refractivity contribution >= 4 is 34.6 Å². The van der Waals surface area contributed by atoms with Gasteiger partial charge in [-0.1, -0.05) is 18.2 Å². The van der Waals surface area contributed by atoms with Gasteiger partial charge in [0.05, 0.1) is 0 Å². The van der Waals surface area contributed by atoms with Crippen molar-refractivity contribution < 1.29 is 9.59 Å². The zero-order valence-corrected chi connectivity index (χ0v) is 15.9. The maximum Gasteiger partial charge on any atom is 0.245 e. The Bertz CT molecular complexity index is 1140. The molecule has 0 atom stereocenters. The number of para-hydroxylation sites is 1. The Morgan fingerprint density at radius 3 is 2.86 bits per heavy atom. The lowest BCUT2D eigenvalue weighted by molar-refractivity contribution is -0.116. The van der Waals surface area contributed by atoms with Crippen molar-refractivity contribution in [2.75, 3.05) is 5.32 Å². The van der Waals surface area contributed by atoms with E-state index in [0.29, 0.717) is 30.7 Å².